The van der Waals surface area contributed by atoms with E-state index in [1.165, 1.54) is 40.7 Å². The summed E-state index contributed by atoms with van der Waals surface area (Å²) in [6.45, 7) is 7.47. The van der Waals surface area contributed by atoms with Crippen LogP contribution in [0.3, 0.4) is 0 Å². The largest absolute Gasteiger partial charge is 0.497 e. The number of amides is 2. The molecule has 1 unspecified atom stereocenters. The first-order valence-corrected chi connectivity index (χ1v) is 15.8. The average molecular weight is 673 g/mol. The molecule has 0 spiro atoms. The van der Waals surface area contributed by atoms with Crippen LogP contribution in [0.1, 0.15) is 41.4 Å². The Morgan fingerprint density at radius 1 is 0.837 bits per heavy atom. The second-order valence-electron chi connectivity index (χ2n) is 10.9. The van der Waals surface area contributed by atoms with Gasteiger partial charge in [0.1, 0.15) is 34.9 Å². The predicted octanol–water partition coefficient (Wildman–Crippen LogP) is 5.94. The van der Waals surface area contributed by atoms with E-state index in [2.05, 4.69) is 34.0 Å². The molecule has 260 valence electrons. The molecule has 1 heterocycles. The molecule has 0 saturated heterocycles. The Balaban J connectivity index is 1.71. The number of hydrogen-bond donors (Lipinski definition) is 2. The van der Waals surface area contributed by atoms with Crippen molar-refractivity contribution in [1.82, 2.24) is 19.8 Å². The van der Waals surface area contributed by atoms with Crippen LogP contribution in [0, 0.1) is 0 Å². The SMILES string of the molecule is CCN(CC)CCN(C)C(=O)c1ccc(Nc2nccc(N(C(=O)O)C(c3cc(OC)ccc3OC)c3c(OC)cccc3OC)n2)cc1. The molecule has 2 N–H and O–H groups in total. The van der Waals surface area contributed by atoms with Gasteiger partial charge in [-0.2, -0.15) is 4.98 Å². The first-order valence-electron chi connectivity index (χ1n) is 15.8. The van der Waals surface area contributed by atoms with E-state index in [9.17, 15) is 14.7 Å². The number of carbonyl (C=O) groups excluding carboxylic acids is 1. The van der Waals surface area contributed by atoms with Gasteiger partial charge in [-0.25, -0.2) is 14.7 Å². The molecule has 2 amide bonds. The molecule has 13 nitrogen and oxygen atoms in total. The number of methoxy groups -OCH3 is 4. The van der Waals surface area contributed by atoms with E-state index in [0.717, 1.165) is 24.5 Å². The highest BCUT2D eigenvalue weighted by Gasteiger charge is 2.36. The molecular formula is C36H44N6O7. The van der Waals surface area contributed by atoms with Crippen molar-refractivity contribution >= 4 is 29.5 Å². The number of nitrogens with one attached hydrogen (secondary N) is 1. The van der Waals surface area contributed by atoms with Crippen LogP contribution in [-0.4, -0.2) is 98.5 Å². The summed E-state index contributed by atoms with van der Waals surface area (Å²) in [7, 11) is 7.82. The van der Waals surface area contributed by atoms with Crippen molar-refractivity contribution in [3.63, 3.8) is 0 Å². The third-order valence-electron chi connectivity index (χ3n) is 8.20. The zero-order chi connectivity index (χ0) is 35.5. The van der Waals surface area contributed by atoms with Gasteiger partial charge in [-0.3, -0.25) is 4.79 Å². The molecule has 0 aliphatic heterocycles. The van der Waals surface area contributed by atoms with Crippen molar-refractivity contribution in [3.8, 4) is 23.0 Å². The van der Waals surface area contributed by atoms with E-state index in [0.29, 0.717) is 51.9 Å². The van der Waals surface area contributed by atoms with E-state index >= 15 is 0 Å². The molecule has 0 saturated carbocycles. The lowest BCUT2D eigenvalue weighted by molar-refractivity contribution is 0.0779. The quantitative estimate of drug-likeness (QED) is 0.146. The summed E-state index contributed by atoms with van der Waals surface area (Å²) < 4.78 is 22.7. The van der Waals surface area contributed by atoms with Crippen LogP contribution in [0.25, 0.3) is 0 Å². The smallest absolute Gasteiger partial charge is 0.413 e. The lowest BCUT2D eigenvalue weighted by atomic mass is 9.94. The third kappa shape index (κ3) is 8.49. The second kappa shape index (κ2) is 17.0. The number of carboxylic acid groups (broad SMARTS) is 1. The fourth-order valence-electron chi connectivity index (χ4n) is 5.49. The highest BCUT2D eigenvalue weighted by Crippen LogP contribution is 2.46. The Morgan fingerprint density at radius 3 is 2.06 bits per heavy atom. The Kier molecular flexibility index (Phi) is 12.6. The fourth-order valence-corrected chi connectivity index (χ4v) is 5.49. The van der Waals surface area contributed by atoms with Crippen LogP contribution in [-0.2, 0) is 0 Å². The minimum atomic E-state index is -1.31. The number of nitrogens with zero attached hydrogens (tertiary/aromatic N) is 5. The third-order valence-corrected chi connectivity index (χ3v) is 8.20. The standard InChI is InChI=1S/C36H44N6O7/c1-8-41(9-2)22-21-40(3)34(43)24-13-15-25(16-14-24)38-35-37-20-19-31(39-35)42(36(44)45)33(27-23-26(46-4)17-18-28(27)47-5)32-29(48-6)11-10-12-30(32)49-7/h10-20,23,33H,8-9,21-22H2,1-7H3,(H,44,45)(H,37,38,39). The summed E-state index contributed by atoms with van der Waals surface area (Å²) in [5, 5.41) is 13.9. The van der Waals surface area contributed by atoms with Crippen LogP contribution in [0.4, 0.5) is 22.2 Å². The van der Waals surface area contributed by atoms with Gasteiger partial charge in [0.25, 0.3) is 5.91 Å². The van der Waals surface area contributed by atoms with Gasteiger partial charge in [0.15, 0.2) is 0 Å². The van der Waals surface area contributed by atoms with E-state index in [1.807, 2.05) is 0 Å². The molecule has 1 aromatic heterocycles. The first-order chi connectivity index (χ1) is 23.7. The summed E-state index contributed by atoms with van der Waals surface area (Å²) in [5.74, 6) is 1.80. The van der Waals surface area contributed by atoms with Crippen molar-refractivity contribution in [2.45, 2.75) is 19.9 Å². The van der Waals surface area contributed by atoms with Gasteiger partial charge in [-0.15, -0.1) is 0 Å². The number of likely N-dealkylation sites (N-methyl/N-ethyl adjacent to an activating group) is 2. The van der Waals surface area contributed by atoms with Crippen LogP contribution >= 0.6 is 0 Å². The molecule has 0 bridgehead atoms. The van der Waals surface area contributed by atoms with Gasteiger partial charge in [0, 0.05) is 43.1 Å². The van der Waals surface area contributed by atoms with E-state index in [1.54, 1.807) is 72.6 Å². The van der Waals surface area contributed by atoms with Crippen molar-refractivity contribution in [2.24, 2.45) is 0 Å². The maximum Gasteiger partial charge on any atom is 0.413 e. The first kappa shape index (κ1) is 36.3. The maximum absolute atomic E-state index is 13.2. The number of benzene rings is 3. The lowest BCUT2D eigenvalue weighted by Crippen LogP contribution is -2.36. The normalized spacial score (nSPS) is 11.4. The van der Waals surface area contributed by atoms with E-state index in [-0.39, 0.29) is 17.7 Å². The summed E-state index contributed by atoms with van der Waals surface area (Å²) in [6, 6.07) is 17.7. The van der Waals surface area contributed by atoms with E-state index in [4.69, 9.17) is 18.9 Å². The monoisotopic (exact) mass is 672 g/mol. The molecule has 0 radical (unpaired) electrons. The molecule has 49 heavy (non-hydrogen) atoms. The fraction of sp³-hybridized carbons (Fsp3) is 0.333. The van der Waals surface area contributed by atoms with Crippen LogP contribution in [0.2, 0.25) is 0 Å². The second-order valence-corrected chi connectivity index (χ2v) is 10.9. The van der Waals surface area contributed by atoms with Crippen molar-refractivity contribution in [1.29, 1.82) is 0 Å². The Hall–Kier alpha value is -5.56. The number of aromatic nitrogens is 2. The van der Waals surface area contributed by atoms with Crippen molar-refractivity contribution in [2.75, 3.05) is 71.9 Å². The van der Waals surface area contributed by atoms with Gasteiger partial charge in [0.05, 0.1) is 34.0 Å². The van der Waals surface area contributed by atoms with Gasteiger partial charge in [-0.05, 0) is 73.8 Å². The molecule has 0 aliphatic rings. The number of hydrogen-bond acceptors (Lipinski definition) is 10. The summed E-state index contributed by atoms with van der Waals surface area (Å²) >= 11 is 0. The minimum absolute atomic E-state index is 0.0643. The zero-order valence-corrected chi connectivity index (χ0v) is 29.0. The molecule has 0 aliphatic carbocycles. The number of anilines is 3. The number of ether oxygens (including phenoxy) is 4. The molecule has 13 heteroatoms. The van der Waals surface area contributed by atoms with Crippen LogP contribution < -0.4 is 29.2 Å². The van der Waals surface area contributed by atoms with Crippen molar-refractivity contribution < 1.29 is 33.6 Å². The molecule has 1 atom stereocenters. The van der Waals surface area contributed by atoms with Crippen LogP contribution in [0.15, 0.2) is 72.9 Å². The lowest BCUT2D eigenvalue weighted by Gasteiger charge is -2.32. The summed E-state index contributed by atoms with van der Waals surface area (Å²) in [5.41, 5.74) is 2.04. The Morgan fingerprint density at radius 2 is 1.49 bits per heavy atom. The predicted molar refractivity (Wildman–Crippen MR) is 188 cm³/mol. The summed E-state index contributed by atoms with van der Waals surface area (Å²) in [6.07, 6.45) is 0.156. The number of rotatable bonds is 16. The van der Waals surface area contributed by atoms with Crippen LogP contribution in [0.5, 0.6) is 23.0 Å². The van der Waals surface area contributed by atoms with Gasteiger partial charge >= 0.3 is 6.09 Å². The van der Waals surface area contributed by atoms with Gasteiger partial charge in [-0.1, -0.05) is 19.9 Å². The number of carbonyl (C=O) groups is 2. The maximum atomic E-state index is 13.2. The Labute approximate surface area is 287 Å². The average Bonchev–Trinajstić information content (AvgIpc) is 3.13. The highest BCUT2D eigenvalue weighted by atomic mass is 16.5. The zero-order valence-electron chi connectivity index (χ0n) is 29.0. The van der Waals surface area contributed by atoms with Crippen molar-refractivity contribution in [3.05, 3.63) is 89.6 Å². The van der Waals surface area contributed by atoms with E-state index < -0.39 is 12.1 Å². The topological polar surface area (TPSA) is 139 Å². The molecule has 4 rings (SSSR count). The van der Waals surface area contributed by atoms with Gasteiger partial charge < -0.3 is 39.2 Å². The molecule has 0 fully saturated rings. The Bertz CT molecular complexity index is 1690. The van der Waals surface area contributed by atoms with Gasteiger partial charge in [0.2, 0.25) is 5.95 Å². The molecule has 4 aromatic rings. The highest BCUT2D eigenvalue weighted by molar-refractivity contribution is 5.94. The minimum Gasteiger partial charge on any atom is -0.497 e. The molecular weight excluding hydrogens is 628 g/mol. The summed E-state index contributed by atoms with van der Waals surface area (Å²) in [4.78, 5) is 40.3. The molecule has 3 aromatic carbocycles.